The Balaban J connectivity index is 2.02. The summed E-state index contributed by atoms with van der Waals surface area (Å²) in [6.45, 7) is 2.16. The topological polar surface area (TPSA) is 78.6 Å². The van der Waals surface area contributed by atoms with Gasteiger partial charge in [0.1, 0.15) is 0 Å². The molecule has 0 unspecified atom stereocenters. The Morgan fingerprint density at radius 3 is 2.12 bits per heavy atom. The van der Waals surface area contributed by atoms with Gasteiger partial charge in [-0.1, -0.05) is 48.0 Å². The molecule has 5 nitrogen and oxygen atoms in total. The lowest BCUT2D eigenvalue weighted by Gasteiger charge is -2.14. The third kappa shape index (κ3) is 2.94. The first-order chi connectivity index (χ1) is 12.4. The third-order valence-corrected chi connectivity index (χ3v) is 5.33. The molecular weight excluding hydrogens is 350 g/mol. The van der Waals surface area contributed by atoms with Gasteiger partial charge in [-0.05, 0) is 41.8 Å². The molecule has 1 aliphatic rings. The Morgan fingerprint density at radius 1 is 0.846 bits per heavy atom. The van der Waals surface area contributed by atoms with Crippen LogP contribution in [0, 0.1) is 6.92 Å². The molecule has 0 spiro atoms. The van der Waals surface area contributed by atoms with Crippen LogP contribution in [0.25, 0.3) is 22.3 Å². The number of ether oxygens (including phenoxy) is 2. The Bertz CT molecular complexity index is 1090. The van der Waals surface area contributed by atoms with Crippen molar-refractivity contribution in [2.24, 2.45) is 5.14 Å². The molecule has 26 heavy (non-hydrogen) atoms. The van der Waals surface area contributed by atoms with E-state index in [0.29, 0.717) is 17.1 Å². The Kier molecular flexibility index (Phi) is 3.94. The van der Waals surface area contributed by atoms with E-state index in [1.54, 1.807) is 18.2 Å². The molecule has 0 radical (unpaired) electrons. The summed E-state index contributed by atoms with van der Waals surface area (Å²) in [5.74, 6) is 1.22. The second-order valence-corrected chi connectivity index (χ2v) is 7.69. The van der Waals surface area contributed by atoms with Gasteiger partial charge in [-0.25, -0.2) is 13.6 Å². The Labute approximate surface area is 152 Å². The molecule has 0 aliphatic carbocycles. The van der Waals surface area contributed by atoms with Crippen LogP contribution >= 0.6 is 0 Å². The summed E-state index contributed by atoms with van der Waals surface area (Å²) in [5.41, 5.74) is 4.20. The number of sulfonamides is 1. The molecule has 3 aromatic rings. The van der Waals surface area contributed by atoms with Crippen LogP contribution in [-0.2, 0) is 10.0 Å². The largest absolute Gasteiger partial charge is 0.454 e. The zero-order valence-corrected chi connectivity index (χ0v) is 14.9. The molecule has 0 bridgehead atoms. The molecule has 0 atom stereocenters. The number of rotatable bonds is 3. The second kappa shape index (κ2) is 6.16. The van der Waals surface area contributed by atoms with Crippen LogP contribution in [0.15, 0.2) is 65.6 Å². The maximum atomic E-state index is 12.1. The van der Waals surface area contributed by atoms with Gasteiger partial charge in [-0.15, -0.1) is 0 Å². The molecule has 1 heterocycles. The molecule has 0 saturated carbocycles. The summed E-state index contributed by atoms with van der Waals surface area (Å²) in [6, 6.07) is 18.4. The Morgan fingerprint density at radius 2 is 1.46 bits per heavy atom. The minimum Gasteiger partial charge on any atom is -0.454 e. The van der Waals surface area contributed by atoms with E-state index in [-0.39, 0.29) is 11.7 Å². The van der Waals surface area contributed by atoms with Gasteiger partial charge in [0.05, 0.1) is 4.90 Å². The first kappa shape index (κ1) is 16.6. The summed E-state index contributed by atoms with van der Waals surface area (Å²) < 4.78 is 35.2. The minimum atomic E-state index is -3.87. The maximum absolute atomic E-state index is 12.1. The number of nitrogens with two attached hydrogens (primary N) is 1. The zero-order valence-electron chi connectivity index (χ0n) is 14.1. The van der Waals surface area contributed by atoms with Crippen LogP contribution in [0.2, 0.25) is 0 Å². The van der Waals surface area contributed by atoms with Crippen LogP contribution in [0.3, 0.4) is 0 Å². The minimum absolute atomic E-state index is 0.0761. The summed E-state index contributed by atoms with van der Waals surface area (Å²) in [7, 11) is -3.87. The highest BCUT2D eigenvalue weighted by Gasteiger charge is 2.22. The molecule has 4 rings (SSSR count). The monoisotopic (exact) mass is 367 g/mol. The van der Waals surface area contributed by atoms with Crippen molar-refractivity contribution >= 4 is 10.0 Å². The van der Waals surface area contributed by atoms with Crippen molar-refractivity contribution < 1.29 is 17.9 Å². The highest BCUT2D eigenvalue weighted by Crippen LogP contribution is 2.44. The van der Waals surface area contributed by atoms with Crippen molar-refractivity contribution in [3.05, 3.63) is 66.2 Å². The zero-order chi connectivity index (χ0) is 18.3. The molecule has 132 valence electrons. The first-order valence-corrected chi connectivity index (χ1v) is 9.61. The van der Waals surface area contributed by atoms with Gasteiger partial charge in [-0.3, -0.25) is 0 Å². The molecule has 2 N–H and O–H groups in total. The number of fused-ring (bicyclic) bond motifs is 1. The van der Waals surface area contributed by atoms with E-state index in [1.807, 2.05) is 43.3 Å². The maximum Gasteiger partial charge on any atom is 0.238 e. The number of aryl methyl sites for hydroxylation is 1. The highest BCUT2D eigenvalue weighted by atomic mass is 32.2. The Hall–Kier alpha value is -2.83. The van der Waals surface area contributed by atoms with Gasteiger partial charge in [0.2, 0.25) is 16.8 Å². The standard InChI is InChI=1S/C20H17NO4S/c1-13-6-8-14(9-7-13)16-10-18-19(25-12-24-18)11-17(16)15-4-2-3-5-20(15)26(21,22)23/h2-11H,12H2,1H3,(H2,21,22,23). The normalized spacial score (nSPS) is 13.0. The van der Waals surface area contributed by atoms with Crippen LogP contribution in [-0.4, -0.2) is 15.2 Å². The molecule has 0 aromatic heterocycles. The van der Waals surface area contributed by atoms with E-state index in [2.05, 4.69) is 0 Å². The van der Waals surface area contributed by atoms with Gasteiger partial charge in [0.25, 0.3) is 0 Å². The molecule has 3 aromatic carbocycles. The van der Waals surface area contributed by atoms with Crippen molar-refractivity contribution in [2.75, 3.05) is 6.79 Å². The average molecular weight is 367 g/mol. The van der Waals surface area contributed by atoms with Crippen LogP contribution in [0.5, 0.6) is 11.5 Å². The van der Waals surface area contributed by atoms with Gasteiger partial charge >= 0.3 is 0 Å². The predicted molar refractivity (Wildman–Crippen MR) is 99.5 cm³/mol. The van der Waals surface area contributed by atoms with Crippen LogP contribution in [0.4, 0.5) is 0 Å². The van der Waals surface area contributed by atoms with E-state index in [1.165, 1.54) is 6.07 Å². The number of benzene rings is 3. The first-order valence-electron chi connectivity index (χ1n) is 8.06. The van der Waals surface area contributed by atoms with E-state index in [0.717, 1.165) is 22.3 Å². The van der Waals surface area contributed by atoms with Crippen molar-refractivity contribution in [1.29, 1.82) is 0 Å². The number of primary sulfonamides is 1. The fourth-order valence-electron chi connectivity index (χ4n) is 3.07. The van der Waals surface area contributed by atoms with E-state index < -0.39 is 10.0 Å². The summed E-state index contributed by atoms with van der Waals surface area (Å²) >= 11 is 0. The molecule has 0 fully saturated rings. The predicted octanol–water partition coefficient (Wildman–Crippen LogP) is 3.71. The molecule has 0 amide bonds. The molecular formula is C20H17NO4S. The lowest BCUT2D eigenvalue weighted by molar-refractivity contribution is 0.174. The van der Waals surface area contributed by atoms with E-state index in [9.17, 15) is 8.42 Å². The van der Waals surface area contributed by atoms with Crippen molar-refractivity contribution in [3.63, 3.8) is 0 Å². The fourth-order valence-corrected chi connectivity index (χ4v) is 3.83. The quantitative estimate of drug-likeness (QED) is 0.765. The van der Waals surface area contributed by atoms with Crippen LogP contribution in [0.1, 0.15) is 5.56 Å². The molecule has 1 aliphatic heterocycles. The van der Waals surface area contributed by atoms with E-state index in [4.69, 9.17) is 14.6 Å². The summed E-state index contributed by atoms with van der Waals surface area (Å²) in [5, 5.41) is 5.43. The van der Waals surface area contributed by atoms with Crippen molar-refractivity contribution in [2.45, 2.75) is 11.8 Å². The highest BCUT2D eigenvalue weighted by molar-refractivity contribution is 7.89. The fraction of sp³-hybridized carbons (Fsp3) is 0.100. The molecule has 0 saturated heterocycles. The van der Waals surface area contributed by atoms with E-state index >= 15 is 0 Å². The van der Waals surface area contributed by atoms with Crippen molar-refractivity contribution in [1.82, 2.24) is 0 Å². The third-order valence-electron chi connectivity index (χ3n) is 4.36. The van der Waals surface area contributed by atoms with Crippen LogP contribution < -0.4 is 14.6 Å². The smallest absolute Gasteiger partial charge is 0.238 e. The van der Waals surface area contributed by atoms with Crippen molar-refractivity contribution in [3.8, 4) is 33.8 Å². The van der Waals surface area contributed by atoms with Gasteiger partial charge < -0.3 is 9.47 Å². The average Bonchev–Trinajstić information content (AvgIpc) is 3.08. The van der Waals surface area contributed by atoms with Gasteiger partial charge in [0.15, 0.2) is 11.5 Å². The lowest BCUT2D eigenvalue weighted by Crippen LogP contribution is -2.13. The molecule has 6 heteroatoms. The SMILES string of the molecule is Cc1ccc(-c2cc3c(cc2-c2ccccc2S(N)(=O)=O)OCO3)cc1. The van der Waals surface area contributed by atoms with Gasteiger partial charge in [0, 0.05) is 5.56 Å². The second-order valence-electron chi connectivity index (χ2n) is 6.16. The lowest BCUT2D eigenvalue weighted by atomic mass is 9.93. The summed E-state index contributed by atoms with van der Waals surface area (Å²) in [6.07, 6.45) is 0. The number of hydrogen-bond acceptors (Lipinski definition) is 4. The van der Waals surface area contributed by atoms with Gasteiger partial charge in [-0.2, -0.15) is 0 Å². The number of hydrogen-bond donors (Lipinski definition) is 1. The summed E-state index contributed by atoms with van der Waals surface area (Å²) in [4.78, 5) is 0.0761.